The van der Waals surface area contributed by atoms with Gasteiger partial charge in [0.2, 0.25) is 0 Å². The number of aliphatic carboxylic acids is 1. The van der Waals surface area contributed by atoms with Crippen molar-refractivity contribution in [3.05, 3.63) is 35.4 Å². The first-order valence-corrected chi connectivity index (χ1v) is 9.07. The van der Waals surface area contributed by atoms with Crippen LogP contribution >= 0.6 is 0 Å². The molecule has 3 N–H and O–H groups in total. The Bertz CT molecular complexity index is 577. The number of amides is 2. The number of carboxylic acid groups (broad SMARTS) is 1. The monoisotopic (exact) mass is 347 g/mol. The van der Waals surface area contributed by atoms with Gasteiger partial charge >= 0.3 is 12.0 Å². The summed E-state index contributed by atoms with van der Waals surface area (Å²) in [4.78, 5) is 24.8. The molecule has 0 aliphatic carbocycles. The summed E-state index contributed by atoms with van der Waals surface area (Å²) in [5.41, 5.74) is 2.38. The summed E-state index contributed by atoms with van der Waals surface area (Å²) < 4.78 is 0. The standard InChI is InChI=1S/C19H29N3O3/c1-15-6-5-11-22(13-15)14-17-8-3-2-7-16(17)12-21-19(25)20-10-4-9-18(23)24/h2-3,7-8,15H,4-6,9-14H2,1H3,(H,23,24)(H2,20,21,25). The van der Waals surface area contributed by atoms with Crippen LogP contribution in [0.15, 0.2) is 24.3 Å². The highest BCUT2D eigenvalue weighted by Gasteiger charge is 2.17. The molecule has 6 heteroatoms. The van der Waals surface area contributed by atoms with Crippen LogP contribution in [0.25, 0.3) is 0 Å². The van der Waals surface area contributed by atoms with Crippen molar-refractivity contribution in [1.82, 2.24) is 15.5 Å². The number of likely N-dealkylation sites (tertiary alicyclic amines) is 1. The summed E-state index contributed by atoms with van der Waals surface area (Å²) in [5.74, 6) is -0.0983. The van der Waals surface area contributed by atoms with E-state index >= 15 is 0 Å². The Hall–Kier alpha value is -2.08. The molecular weight excluding hydrogens is 318 g/mol. The third kappa shape index (κ3) is 7.13. The fourth-order valence-corrected chi connectivity index (χ4v) is 3.23. The molecule has 1 aliphatic heterocycles. The zero-order chi connectivity index (χ0) is 18.1. The number of hydrogen-bond donors (Lipinski definition) is 3. The highest BCUT2D eigenvalue weighted by Crippen LogP contribution is 2.19. The largest absolute Gasteiger partial charge is 0.481 e. The molecule has 1 atom stereocenters. The molecule has 138 valence electrons. The van der Waals surface area contributed by atoms with E-state index in [9.17, 15) is 9.59 Å². The van der Waals surface area contributed by atoms with Crippen molar-refractivity contribution >= 4 is 12.0 Å². The highest BCUT2D eigenvalue weighted by molar-refractivity contribution is 5.74. The minimum Gasteiger partial charge on any atom is -0.481 e. The Balaban J connectivity index is 1.79. The molecule has 0 saturated carbocycles. The zero-order valence-corrected chi connectivity index (χ0v) is 15.0. The molecule has 1 fully saturated rings. The van der Waals surface area contributed by atoms with E-state index < -0.39 is 5.97 Å². The number of carboxylic acids is 1. The fraction of sp³-hybridized carbons (Fsp3) is 0.579. The van der Waals surface area contributed by atoms with Gasteiger partial charge in [0.25, 0.3) is 0 Å². The van der Waals surface area contributed by atoms with Gasteiger partial charge in [0, 0.05) is 32.6 Å². The fourth-order valence-electron chi connectivity index (χ4n) is 3.23. The quantitative estimate of drug-likeness (QED) is 0.631. The topological polar surface area (TPSA) is 81.7 Å². The number of hydrogen-bond acceptors (Lipinski definition) is 3. The maximum Gasteiger partial charge on any atom is 0.315 e. The minimum atomic E-state index is -0.844. The summed E-state index contributed by atoms with van der Waals surface area (Å²) in [5, 5.41) is 14.1. The van der Waals surface area contributed by atoms with Gasteiger partial charge in [-0.25, -0.2) is 4.79 Å². The highest BCUT2D eigenvalue weighted by atomic mass is 16.4. The van der Waals surface area contributed by atoms with Gasteiger partial charge in [0.05, 0.1) is 0 Å². The van der Waals surface area contributed by atoms with Gasteiger partial charge in [0.1, 0.15) is 0 Å². The average molecular weight is 347 g/mol. The van der Waals surface area contributed by atoms with Gasteiger partial charge in [-0.3, -0.25) is 9.69 Å². The Morgan fingerprint density at radius 2 is 2.00 bits per heavy atom. The van der Waals surface area contributed by atoms with Crippen LogP contribution in [-0.2, 0) is 17.9 Å². The van der Waals surface area contributed by atoms with Crippen LogP contribution < -0.4 is 10.6 Å². The summed E-state index contributed by atoms with van der Waals surface area (Å²) >= 11 is 0. The van der Waals surface area contributed by atoms with Crippen molar-refractivity contribution in [3.8, 4) is 0 Å². The van der Waals surface area contributed by atoms with Crippen LogP contribution in [-0.4, -0.2) is 41.6 Å². The summed E-state index contributed by atoms with van der Waals surface area (Å²) in [7, 11) is 0. The molecule has 25 heavy (non-hydrogen) atoms. The van der Waals surface area contributed by atoms with E-state index in [1.807, 2.05) is 18.2 Å². The lowest BCUT2D eigenvalue weighted by atomic mass is 9.99. The van der Waals surface area contributed by atoms with E-state index in [4.69, 9.17) is 5.11 Å². The molecule has 1 aromatic carbocycles. The Morgan fingerprint density at radius 3 is 2.72 bits per heavy atom. The van der Waals surface area contributed by atoms with E-state index in [-0.39, 0.29) is 12.5 Å². The molecule has 2 amide bonds. The van der Waals surface area contributed by atoms with Crippen LogP contribution in [0.3, 0.4) is 0 Å². The summed E-state index contributed by atoms with van der Waals surface area (Å²) in [6, 6.07) is 7.95. The molecule has 1 aliphatic rings. The van der Waals surface area contributed by atoms with Crippen molar-refractivity contribution in [2.45, 2.75) is 45.7 Å². The lowest BCUT2D eigenvalue weighted by Crippen LogP contribution is -2.36. The Morgan fingerprint density at radius 1 is 1.24 bits per heavy atom. The van der Waals surface area contributed by atoms with Crippen LogP contribution in [0.4, 0.5) is 4.79 Å². The van der Waals surface area contributed by atoms with Crippen LogP contribution in [0.2, 0.25) is 0 Å². The minimum absolute atomic E-state index is 0.0668. The molecule has 2 rings (SSSR count). The van der Waals surface area contributed by atoms with Crippen molar-refractivity contribution in [2.24, 2.45) is 5.92 Å². The van der Waals surface area contributed by atoms with E-state index in [2.05, 4.69) is 28.5 Å². The second-order valence-electron chi connectivity index (χ2n) is 6.86. The number of nitrogens with one attached hydrogen (secondary N) is 2. The predicted molar refractivity (Wildman–Crippen MR) is 97.2 cm³/mol. The lowest BCUT2D eigenvalue weighted by Gasteiger charge is -2.31. The second kappa shape index (κ2) is 10.0. The molecular formula is C19H29N3O3. The number of urea groups is 1. The lowest BCUT2D eigenvalue weighted by molar-refractivity contribution is -0.137. The number of carbonyl (C=O) groups excluding carboxylic acids is 1. The molecule has 0 bridgehead atoms. The van der Waals surface area contributed by atoms with Crippen molar-refractivity contribution in [2.75, 3.05) is 19.6 Å². The first kappa shape index (κ1) is 19.2. The smallest absolute Gasteiger partial charge is 0.315 e. The molecule has 1 unspecified atom stereocenters. The van der Waals surface area contributed by atoms with E-state index in [0.29, 0.717) is 19.5 Å². The normalized spacial score (nSPS) is 17.9. The molecule has 6 nitrogen and oxygen atoms in total. The van der Waals surface area contributed by atoms with Crippen LogP contribution in [0, 0.1) is 5.92 Å². The average Bonchev–Trinajstić information content (AvgIpc) is 2.58. The van der Waals surface area contributed by atoms with E-state index in [1.165, 1.54) is 18.4 Å². The number of carbonyl (C=O) groups is 2. The SMILES string of the molecule is CC1CCCN(Cc2ccccc2CNC(=O)NCCCC(=O)O)C1. The van der Waals surface area contributed by atoms with Gasteiger partial charge in [-0.1, -0.05) is 31.2 Å². The first-order valence-electron chi connectivity index (χ1n) is 9.07. The van der Waals surface area contributed by atoms with Crippen molar-refractivity contribution in [3.63, 3.8) is 0 Å². The first-order chi connectivity index (χ1) is 12.0. The van der Waals surface area contributed by atoms with Gasteiger partial charge in [-0.15, -0.1) is 0 Å². The predicted octanol–water partition coefficient (Wildman–Crippen LogP) is 2.58. The van der Waals surface area contributed by atoms with E-state index in [0.717, 1.165) is 31.1 Å². The third-order valence-electron chi connectivity index (χ3n) is 4.55. The van der Waals surface area contributed by atoms with Crippen molar-refractivity contribution < 1.29 is 14.7 Å². The molecule has 1 aromatic rings. The number of piperidine rings is 1. The van der Waals surface area contributed by atoms with Gasteiger partial charge in [-0.05, 0) is 42.9 Å². The summed E-state index contributed by atoms with van der Waals surface area (Å²) in [6.07, 6.45) is 3.06. The number of benzene rings is 1. The summed E-state index contributed by atoms with van der Waals surface area (Å²) in [6.45, 7) is 6.33. The van der Waals surface area contributed by atoms with Crippen molar-refractivity contribution in [1.29, 1.82) is 0 Å². The van der Waals surface area contributed by atoms with E-state index in [1.54, 1.807) is 0 Å². The van der Waals surface area contributed by atoms with Crippen LogP contribution in [0.5, 0.6) is 0 Å². The number of rotatable bonds is 8. The molecule has 0 aromatic heterocycles. The second-order valence-corrected chi connectivity index (χ2v) is 6.86. The zero-order valence-electron chi connectivity index (χ0n) is 15.0. The Kier molecular flexibility index (Phi) is 7.73. The molecule has 1 saturated heterocycles. The maximum atomic E-state index is 11.8. The van der Waals surface area contributed by atoms with Gasteiger partial charge < -0.3 is 15.7 Å². The number of nitrogens with zero attached hydrogens (tertiary/aromatic N) is 1. The molecule has 1 heterocycles. The molecule has 0 radical (unpaired) electrons. The van der Waals surface area contributed by atoms with Gasteiger partial charge in [-0.2, -0.15) is 0 Å². The third-order valence-corrected chi connectivity index (χ3v) is 4.55. The van der Waals surface area contributed by atoms with Gasteiger partial charge in [0.15, 0.2) is 0 Å². The maximum absolute atomic E-state index is 11.8. The van der Waals surface area contributed by atoms with Crippen LogP contribution in [0.1, 0.15) is 43.7 Å². The molecule has 0 spiro atoms. The Labute approximate surface area is 149 Å².